The molecule has 1 atom stereocenters. The second kappa shape index (κ2) is 6.50. The fraction of sp³-hybridized carbons (Fsp3) is 0.412. The van der Waals surface area contributed by atoms with E-state index in [1.54, 1.807) is 23.0 Å². The minimum absolute atomic E-state index is 0.101. The molecule has 1 amide bonds. The van der Waals surface area contributed by atoms with Crippen molar-refractivity contribution in [2.75, 3.05) is 13.1 Å². The van der Waals surface area contributed by atoms with Crippen molar-refractivity contribution in [2.45, 2.75) is 32.2 Å². The summed E-state index contributed by atoms with van der Waals surface area (Å²) < 4.78 is 14.8. The molecule has 0 aliphatic carbocycles. The summed E-state index contributed by atoms with van der Waals surface area (Å²) in [5.74, 6) is -0.278. The van der Waals surface area contributed by atoms with Crippen molar-refractivity contribution < 1.29 is 9.18 Å². The molecule has 0 radical (unpaired) electrons. The molecule has 5 nitrogen and oxygen atoms in total. The Bertz CT molecular complexity index is 687. The lowest BCUT2D eigenvalue weighted by atomic mass is 10.0. The molecule has 1 aliphatic rings. The van der Waals surface area contributed by atoms with E-state index in [1.165, 1.54) is 12.1 Å². The number of hydrogen-bond donors (Lipinski definition) is 2. The second-order valence-corrected chi connectivity index (χ2v) is 6.15. The lowest BCUT2D eigenvalue weighted by Crippen LogP contribution is -2.36. The summed E-state index contributed by atoms with van der Waals surface area (Å²) in [5.41, 5.74) is 2.16. The predicted octanol–water partition coefficient (Wildman–Crippen LogP) is 2.23. The van der Waals surface area contributed by atoms with Crippen LogP contribution in [0, 0.1) is 5.82 Å². The van der Waals surface area contributed by atoms with Crippen LogP contribution in [0.25, 0.3) is 5.69 Å². The Labute approximate surface area is 134 Å². The molecule has 122 valence electrons. The summed E-state index contributed by atoms with van der Waals surface area (Å²) in [6.45, 7) is 5.77. The van der Waals surface area contributed by atoms with Gasteiger partial charge in [-0.3, -0.25) is 4.79 Å². The second-order valence-electron chi connectivity index (χ2n) is 6.15. The molecule has 1 unspecified atom stereocenters. The summed E-state index contributed by atoms with van der Waals surface area (Å²) in [7, 11) is 0. The van der Waals surface area contributed by atoms with Crippen LogP contribution in [0.15, 0.2) is 30.5 Å². The predicted molar refractivity (Wildman–Crippen MR) is 86.4 cm³/mol. The van der Waals surface area contributed by atoms with Gasteiger partial charge >= 0.3 is 0 Å². The van der Waals surface area contributed by atoms with Gasteiger partial charge in [0.25, 0.3) is 5.91 Å². The molecular weight excluding hydrogens is 295 g/mol. The first-order valence-corrected chi connectivity index (χ1v) is 7.91. The van der Waals surface area contributed by atoms with E-state index in [2.05, 4.69) is 15.7 Å². The molecule has 1 aromatic carbocycles. The first-order valence-electron chi connectivity index (χ1n) is 7.91. The van der Waals surface area contributed by atoms with Gasteiger partial charge in [0.1, 0.15) is 5.82 Å². The molecule has 23 heavy (non-hydrogen) atoms. The van der Waals surface area contributed by atoms with Crippen LogP contribution >= 0.6 is 0 Å². The smallest absolute Gasteiger partial charge is 0.255 e. The van der Waals surface area contributed by atoms with E-state index < -0.39 is 0 Å². The number of nitrogens with one attached hydrogen (secondary N) is 2. The molecule has 1 saturated heterocycles. The van der Waals surface area contributed by atoms with Crippen LogP contribution < -0.4 is 10.6 Å². The minimum atomic E-state index is -0.293. The van der Waals surface area contributed by atoms with Gasteiger partial charge in [0, 0.05) is 12.6 Å². The number of hydrogen-bond acceptors (Lipinski definition) is 3. The molecular formula is C17H21FN4O. The standard InChI is InChI=1S/C17H21FN4O/c1-11(2)16-15(17(23)21-13-7-8-19-9-13)10-20-22(16)14-5-3-12(18)4-6-14/h3-6,10-11,13,19H,7-9H2,1-2H3,(H,21,23). The van der Waals surface area contributed by atoms with Crippen LogP contribution in [0.3, 0.4) is 0 Å². The quantitative estimate of drug-likeness (QED) is 0.909. The topological polar surface area (TPSA) is 59.0 Å². The molecule has 0 saturated carbocycles. The fourth-order valence-electron chi connectivity index (χ4n) is 2.92. The summed E-state index contributed by atoms with van der Waals surface area (Å²) in [6, 6.07) is 6.28. The third-order valence-corrected chi connectivity index (χ3v) is 4.06. The molecule has 3 rings (SSSR count). The largest absolute Gasteiger partial charge is 0.348 e. The van der Waals surface area contributed by atoms with Crippen LogP contribution in [-0.4, -0.2) is 34.8 Å². The van der Waals surface area contributed by atoms with E-state index in [-0.39, 0.29) is 23.7 Å². The highest BCUT2D eigenvalue weighted by Gasteiger charge is 2.24. The van der Waals surface area contributed by atoms with Gasteiger partial charge in [-0.1, -0.05) is 13.8 Å². The van der Waals surface area contributed by atoms with Gasteiger partial charge in [0.05, 0.1) is 23.1 Å². The highest BCUT2D eigenvalue weighted by Crippen LogP contribution is 2.23. The van der Waals surface area contributed by atoms with Crippen molar-refractivity contribution in [1.29, 1.82) is 0 Å². The maximum atomic E-state index is 13.1. The summed E-state index contributed by atoms with van der Waals surface area (Å²) >= 11 is 0. The lowest BCUT2D eigenvalue weighted by Gasteiger charge is -2.15. The van der Waals surface area contributed by atoms with Gasteiger partial charge < -0.3 is 10.6 Å². The third-order valence-electron chi connectivity index (χ3n) is 4.06. The summed E-state index contributed by atoms with van der Waals surface area (Å²) in [5, 5.41) is 10.6. The molecule has 1 aliphatic heterocycles. The first kappa shape index (κ1) is 15.7. The monoisotopic (exact) mass is 316 g/mol. The highest BCUT2D eigenvalue weighted by molar-refractivity contribution is 5.95. The summed E-state index contributed by atoms with van der Waals surface area (Å²) in [6.07, 6.45) is 2.53. The maximum absolute atomic E-state index is 13.1. The van der Waals surface area contributed by atoms with Crippen LogP contribution in [0.4, 0.5) is 4.39 Å². The Morgan fingerprint density at radius 2 is 2.13 bits per heavy atom. The zero-order chi connectivity index (χ0) is 16.4. The Balaban J connectivity index is 1.91. The van der Waals surface area contributed by atoms with Crippen LogP contribution in [0.1, 0.15) is 42.2 Å². The number of benzene rings is 1. The summed E-state index contributed by atoms with van der Waals surface area (Å²) in [4.78, 5) is 12.6. The molecule has 6 heteroatoms. The van der Waals surface area contributed by atoms with Gasteiger partial charge in [0.2, 0.25) is 0 Å². The van der Waals surface area contributed by atoms with Crippen molar-refractivity contribution in [1.82, 2.24) is 20.4 Å². The zero-order valence-electron chi connectivity index (χ0n) is 13.3. The number of carbonyl (C=O) groups excluding carboxylic acids is 1. The van der Waals surface area contributed by atoms with Crippen LogP contribution in [0.5, 0.6) is 0 Å². The van der Waals surface area contributed by atoms with E-state index in [0.29, 0.717) is 5.56 Å². The third kappa shape index (κ3) is 3.27. The van der Waals surface area contributed by atoms with Gasteiger partial charge in [-0.15, -0.1) is 0 Å². The van der Waals surface area contributed by atoms with Gasteiger partial charge in [-0.25, -0.2) is 9.07 Å². The molecule has 1 aromatic heterocycles. The average Bonchev–Trinajstić information content (AvgIpc) is 3.16. The first-order chi connectivity index (χ1) is 11.1. The van der Waals surface area contributed by atoms with Crippen molar-refractivity contribution >= 4 is 5.91 Å². The van der Waals surface area contributed by atoms with E-state index in [4.69, 9.17) is 0 Å². The lowest BCUT2D eigenvalue weighted by molar-refractivity contribution is 0.0938. The Kier molecular flexibility index (Phi) is 4.43. The van der Waals surface area contributed by atoms with Crippen molar-refractivity contribution in [3.05, 3.63) is 47.5 Å². The van der Waals surface area contributed by atoms with E-state index >= 15 is 0 Å². The maximum Gasteiger partial charge on any atom is 0.255 e. The van der Waals surface area contributed by atoms with Crippen molar-refractivity contribution in [3.8, 4) is 5.69 Å². The molecule has 2 aromatic rings. The molecule has 0 bridgehead atoms. The molecule has 0 spiro atoms. The Hall–Kier alpha value is -2.21. The SMILES string of the molecule is CC(C)c1c(C(=O)NC2CCNC2)cnn1-c1ccc(F)cc1. The van der Waals surface area contributed by atoms with E-state index in [9.17, 15) is 9.18 Å². The number of nitrogens with zero attached hydrogens (tertiary/aromatic N) is 2. The average molecular weight is 316 g/mol. The number of halogens is 1. The van der Waals surface area contributed by atoms with Gasteiger partial charge in [0.15, 0.2) is 0 Å². The molecule has 2 N–H and O–H groups in total. The number of carbonyl (C=O) groups is 1. The number of aromatic nitrogens is 2. The Morgan fingerprint density at radius 3 is 2.74 bits per heavy atom. The highest BCUT2D eigenvalue weighted by atomic mass is 19.1. The van der Waals surface area contributed by atoms with Crippen LogP contribution in [0.2, 0.25) is 0 Å². The Morgan fingerprint density at radius 1 is 1.39 bits per heavy atom. The number of rotatable bonds is 4. The number of amides is 1. The fourth-order valence-corrected chi connectivity index (χ4v) is 2.92. The van der Waals surface area contributed by atoms with E-state index in [1.807, 2.05) is 13.8 Å². The van der Waals surface area contributed by atoms with Crippen LogP contribution in [-0.2, 0) is 0 Å². The van der Waals surface area contributed by atoms with E-state index in [0.717, 1.165) is 30.9 Å². The van der Waals surface area contributed by atoms with Gasteiger partial charge in [-0.2, -0.15) is 5.10 Å². The molecule has 2 heterocycles. The zero-order valence-corrected chi connectivity index (χ0v) is 13.3. The molecule has 1 fully saturated rings. The minimum Gasteiger partial charge on any atom is -0.348 e. The normalized spacial score (nSPS) is 17.7. The van der Waals surface area contributed by atoms with Gasteiger partial charge in [-0.05, 0) is 43.1 Å². The van der Waals surface area contributed by atoms with Crippen molar-refractivity contribution in [3.63, 3.8) is 0 Å². The van der Waals surface area contributed by atoms with Crippen molar-refractivity contribution in [2.24, 2.45) is 0 Å².